The summed E-state index contributed by atoms with van der Waals surface area (Å²) in [6.45, 7) is 1.33. The van der Waals surface area contributed by atoms with Crippen LogP contribution in [0.3, 0.4) is 0 Å². The van der Waals surface area contributed by atoms with Gasteiger partial charge in [0.1, 0.15) is 29.5 Å². The summed E-state index contributed by atoms with van der Waals surface area (Å²) >= 11 is 0. The minimum Gasteiger partial charge on any atom is -0.497 e. The highest BCUT2D eigenvalue weighted by molar-refractivity contribution is 5.70. The van der Waals surface area contributed by atoms with E-state index in [0.29, 0.717) is 43.2 Å². The molecule has 8 nitrogen and oxygen atoms in total. The van der Waals surface area contributed by atoms with Crippen LogP contribution >= 0.6 is 0 Å². The van der Waals surface area contributed by atoms with Crippen LogP contribution in [0.25, 0.3) is 0 Å². The van der Waals surface area contributed by atoms with Crippen LogP contribution in [-0.2, 0) is 4.79 Å². The number of anilines is 3. The van der Waals surface area contributed by atoms with Gasteiger partial charge in [-0.05, 0) is 25.0 Å². The van der Waals surface area contributed by atoms with Gasteiger partial charge < -0.3 is 24.8 Å². The van der Waals surface area contributed by atoms with Gasteiger partial charge in [-0.3, -0.25) is 4.79 Å². The van der Waals surface area contributed by atoms with Crippen LogP contribution in [0.1, 0.15) is 12.8 Å². The number of carboxylic acid groups (broad SMARTS) is 1. The second kappa shape index (κ2) is 7.90. The number of aliphatic carboxylic acids is 1. The molecule has 3 rings (SSSR count). The Morgan fingerprint density at radius 2 is 1.96 bits per heavy atom. The number of hydrogen-bond acceptors (Lipinski definition) is 7. The number of nitrogens with one attached hydrogen (secondary N) is 1. The molecule has 1 aromatic carbocycles. The average molecular weight is 358 g/mol. The van der Waals surface area contributed by atoms with Gasteiger partial charge in [0.2, 0.25) is 0 Å². The monoisotopic (exact) mass is 358 g/mol. The lowest BCUT2D eigenvalue weighted by molar-refractivity contribution is -0.142. The van der Waals surface area contributed by atoms with Crippen molar-refractivity contribution in [3.05, 3.63) is 30.6 Å². The Hall–Kier alpha value is -3.03. The molecule has 0 aliphatic carbocycles. The number of aromatic nitrogens is 2. The molecule has 1 saturated heterocycles. The van der Waals surface area contributed by atoms with Crippen molar-refractivity contribution >= 4 is 23.3 Å². The first-order chi connectivity index (χ1) is 12.6. The Kier molecular flexibility index (Phi) is 5.40. The lowest BCUT2D eigenvalue weighted by Crippen LogP contribution is -2.36. The van der Waals surface area contributed by atoms with E-state index < -0.39 is 5.97 Å². The fraction of sp³-hybridized carbons (Fsp3) is 0.389. The summed E-state index contributed by atoms with van der Waals surface area (Å²) in [5.74, 6) is 1.79. The third kappa shape index (κ3) is 3.96. The molecule has 0 unspecified atom stereocenters. The molecule has 8 heteroatoms. The number of hydrogen-bond donors (Lipinski definition) is 2. The molecule has 2 heterocycles. The molecule has 0 saturated carbocycles. The molecule has 26 heavy (non-hydrogen) atoms. The van der Waals surface area contributed by atoms with Gasteiger partial charge in [0.05, 0.1) is 25.8 Å². The van der Waals surface area contributed by atoms with Crippen LogP contribution in [0, 0.1) is 5.92 Å². The van der Waals surface area contributed by atoms with E-state index in [1.165, 1.54) is 6.33 Å². The summed E-state index contributed by atoms with van der Waals surface area (Å²) in [5, 5.41) is 12.3. The maximum atomic E-state index is 11.1. The largest absolute Gasteiger partial charge is 0.497 e. The highest BCUT2D eigenvalue weighted by Crippen LogP contribution is 2.32. The molecule has 0 atom stereocenters. The molecule has 0 radical (unpaired) electrons. The Bertz CT molecular complexity index is 776. The molecule has 1 aliphatic heterocycles. The molecule has 1 aromatic heterocycles. The van der Waals surface area contributed by atoms with E-state index in [1.807, 2.05) is 24.3 Å². The van der Waals surface area contributed by atoms with E-state index >= 15 is 0 Å². The SMILES string of the molecule is COc1ccc(OC)c(Nc2cc(N3CCC(C(=O)O)CC3)ncn2)c1. The number of methoxy groups -OCH3 is 2. The standard InChI is InChI=1S/C18H22N4O4/c1-25-13-3-4-15(26-2)14(9-13)21-16-10-17(20-11-19-16)22-7-5-12(6-8-22)18(23)24/h3-4,9-12H,5-8H2,1-2H3,(H,23,24)(H,19,20,21). The summed E-state index contributed by atoms with van der Waals surface area (Å²) in [6, 6.07) is 7.32. The zero-order valence-electron chi connectivity index (χ0n) is 14.8. The molecule has 138 valence electrons. The fourth-order valence-electron chi connectivity index (χ4n) is 2.99. The lowest BCUT2D eigenvalue weighted by Gasteiger charge is -2.31. The van der Waals surface area contributed by atoms with Crippen molar-refractivity contribution in [3.63, 3.8) is 0 Å². The van der Waals surface area contributed by atoms with Gasteiger partial charge >= 0.3 is 5.97 Å². The zero-order valence-corrected chi connectivity index (χ0v) is 14.8. The second-order valence-corrected chi connectivity index (χ2v) is 6.05. The van der Waals surface area contributed by atoms with E-state index in [4.69, 9.17) is 14.6 Å². The van der Waals surface area contributed by atoms with Crippen LogP contribution in [-0.4, -0.2) is 48.4 Å². The summed E-state index contributed by atoms with van der Waals surface area (Å²) in [7, 11) is 3.21. The lowest BCUT2D eigenvalue weighted by atomic mass is 9.97. The highest BCUT2D eigenvalue weighted by Gasteiger charge is 2.25. The maximum Gasteiger partial charge on any atom is 0.306 e. The molecule has 0 spiro atoms. The Morgan fingerprint density at radius 3 is 2.62 bits per heavy atom. The van der Waals surface area contributed by atoms with Gasteiger partial charge in [-0.2, -0.15) is 0 Å². The summed E-state index contributed by atoms with van der Waals surface area (Å²) < 4.78 is 10.6. The quantitative estimate of drug-likeness (QED) is 0.813. The van der Waals surface area contributed by atoms with Crippen molar-refractivity contribution in [2.75, 3.05) is 37.5 Å². The molecule has 1 fully saturated rings. The van der Waals surface area contributed by atoms with Crippen molar-refractivity contribution in [1.82, 2.24) is 9.97 Å². The average Bonchev–Trinajstić information content (AvgIpc) is 2.68. The van der Waals surface area contributed by atoms with Gasteiger partial charge in [-0.15, -0.1) is 0 Å². The summed E-state index contributed by atoms with van der Waals surface area (Å²) in [6.07, 6.45) is 2.73. The first-order valence-corrected chi connectivity index (χ1v) is 8.39. The maximum absolute atomic E-state index is 11.1. The normalized spacial score (nSPS) is 14.8. The van der Waals surface area contributed by atoms with Crippen LogP contribution in [0.5, 0.6) is 11.5 Å². The highest BCUT2D eigenvalue weighted by atomic mass is 16.5. The van der Waals surface area contributed by atoms with Crippen molar-refractivity contribution < 1.29 is 19.4 Å². The predicted octanol–water partition coefficient (Wildman–Crippen LogP) is 2.54. The van der Waals surface area contributed by atoms with Crippen LogP contribution in [0.15, 0.2) is 30.6 Å². The number of benzene rings is 1. The topological polar surface area (TPSA) is 96.8 Å². The van der Waals surface area contributed by atoms with E-state index in [1.54, 1.807) is 14.2 Å². The smallest absolute Gasteiger partial charge is 0.306 e. The molecular weight excluding hydrogens is 336 g/mol. The van der Waals surface area contributed by atoms with Crippen molar-refractivity contribution in [1.29, 1.82) is 0 Å². The van der Waals surface area contributed by atoms with Gasteiger partial charge in [0.25, 0.3) is 0 Å². The summed E-state index contributed by atoms with van der Waals surface area (Å²) in [5.41, 5.74) is 0.737. The van der Waals surface area contributed by atoms with Crippen molar-refractivity contribution in [2.45, 2.75) is 12.8 Å². The van der Waals surface area contributed by atoms with E-state index in [-0.39, 0.29) is 5.92 Å². The summed E-state index contributed by atoms with van der Waals surface area (Å²) in [4.78, 5) is 21.8. The van der Waals surface area contributed by atoms with Crippen molar-refractivity contribution in [2.24, 2.45) is 5.92 Å². The number of nitrogens with zero attached hydrogens (tertiary/aromatic N) is 3. The van der Waals surface area contributed by atoms with Crippen LogP contribution in [0.2, 0.25) is 0 Å². The second-order valence-electron chi connectivity index (χ2n) is 6.05. The number of ether oxygens (including phenoxy) is 2. The fourth-order valence-corrected chi connectivity index (χ4v) is 2.99. The number of carboxylic acids is 1. The third-order valence-electron chi connectivity index (χ3n) is 4.49. The van der Waals surface area contributed by atoms with Gasteiger partial charge in [-0.1, -0.05) is 0 Å². The van der Waals surface area contributed by atoms with E-state index in [2.05, 4.69) is 20.2 Å². The van der Waals surface area contributed by atoms with Gasteiger partial charge in [-0.25, -0.2) is 9.97 Å². The molecule has 2 aromatic rings. The molecule has 2 N–H and O–H groups in total. The first-order valence-electron chi connectivity index (χ1n) is 8.39. The minimum atomic E-state index is -0.722. The van der Waals surface area contributed by atoms with Crippen LogP contribution < -0.4 is 19.7 Å². The number of rotatable bonds is 6. The number of piperidine rings is 1. The Balaban J connectivity index is 1.75. The van der Waals surface area contributed by atoms with E-state index in [0.717, 1.165) is 11.5 Å². The van der Waals surface area contributed by atoms with Crippen molar-refractivity contribution in [3.8, 4) is 11.5 Å². The first kappa shape index (κ1) is 17.8. The molecule has 0 amide bonds. The van der Waals surface area contributed by atoms with Gasteiger partial charge in [0.15, 0.2) is 0 Å². The Morgan fingerprint density at radius 1 is 1.19 bits per heavy atom. The predicted molar refractivity (Wildman–Crippen MR) is 97.4 cm³/mol. The molecule has 1 aliphatic rings. The number of carbonyl (C=O) groups is 1. The van der Waals surface area contributed by atoms with Gasteiger partial charge in [0, 0.05) is 25.2 Å². The van der Waals surface area contributed by atoms with E-state index in [9.17, 15) is 4.79 Å². The third-order valence-corrected chi connectivity index (χ3v) is 4.49. The zero-order chi connectivity index (χ0) is 18.5. The molecule has 0 bridgehead atoms. The molecular formula is C18H22N4O4. The van der Waals surface area contributed by atoms with Crippen LogP contribution in [0.4, 0.5) is 17.3 Å². The Labute approximate surface area is 151 Å². The minimum absolute atomic E-state index is 0.272.